The van der Waals surface area contributed by atoms with Gasteiger partial charge in [0, 0.05) is 12.6 Å². The second-order valence-electron chi connectivity index (χ2n) is 11.4. The van der Waals surface area contributed by atoms with Crippen molar-refractivity contribution in [3.63, 3.8) is 0 Å². The van der Waals surface area contributed by atoms with Gasteiger partial charge in [-0.15, -0.1) is 0 Å². The molecule has 0 aliphatic carbocycles. The first-order valence-corrected chi connectivity index (χ1v) is 17.0. The molecule has 2 atom stereocenters. The van der Waals surface area contributed by atoms with Crippen molar-refractivity contribution in [1.82, 2.24) is 10.2 Å². The van der Waals surface area contributed by atoms with Crippen molar-refractivity contribution in [2.45, 2.75) is 71.0 Å². The van der Waals surface area contributed by atoms with Crippen LogP contribution in [0.4, 0.5) is 5.69 Å². The fourth-order valence-corrected chi connectivity index (χ4v) is 6.42. The number of hydrogen-bond donors (Lipinski definition) is 1. The average Bonchev–Trinajstić information content (AvgIpc) is 3.05. The van der Waals surface area contributed by atoms with E-state index in [0.29, 0.717) is 23.6 Å². The standard InChI is InChI=1S/C37H43N3O5S/c1-6-29(5)38-37(42)35(7-2)39(25-30-14-12-11-13-28(30)4)36(41)26-40(46(43,44)34-23-17-27(3)18-24-34)31-19-21-33(22-20-31)45-32-15-9-8-10-16-32/h8-24,29,35H,6-7,25-26H2,1-5H3,(H,38,42). The normalized spacial score (nSPS) is 12.5. The highest BCUT2D eigenvalue weighted by Gasteiger charge is 2.34. The smallest absolute Gasteiger partial charge is 0.264 e. The van der Waals surface area contributed by atoms with Crippen molar-refractivity contribution in [1.29, 1.82) is 0 Å². The molecule has 9 heteroatoms. The van der Waals surface area contributed by atoms with Gasteiger partial charge in [-0.1, -0.05) is 74.0 Å². The number of carbonyl (C=O) groups is 2. The first-order valence-electron chi connectivity index (χ1n) is 15.6. The van der Waals surface area contributed by atoms with E-state index < -0.39 is 28.5 Å². The molecule has 0 fully saturated rings. The van der Waals surface area contributed by atoms with Gasteiger partial charge < -0.3 is 15.0 Å². The van der Waals surface area contributed by atoms with Crippen LogP contribution in [0.1, 0.15) is 50.3 Å². The monoisotopic (exact) mass is 641 g/mol. The van der Waals surface area contributed by atoms with E-state index in [2.05, 4.69) is 5.32 Å². The van der Waals surface area contributed by atoms with Gasteiger partial charge in [0.15, 0.2) is 0 Å². The Kier molecular flexibility index (Phi) is 11.6. The lowest BCUT2D eigenvalue weighted by molar-refractivity contribution is -0.140. The van der Waals surface area contributed by atoms with Crippen molar-refractivity contribution in [2.24, 2.45) is 0 Å². The number of anilines is 1. The third kappa shape index (κ3) is 8.54. The van der Waals surface area contributed by atoms with Gasteiger partial charge in [-0.2, -0.15) is 0 Å². The summed E-state index contributed by atoms with van der Waals surface area (Å²) in [6, 6.07) is 29.2. The van der Waals surface area contributed by atoms with E-state index in [1.165, 1.54) is 17.0 Å². The lowest BCUT2D eigenvalue weighted by atomic mass is 10.1. The highest BCUT2D eigenvalue weighted by molar-refractivity contribution is 7.92. The van der Waals surface area contributed by atoms with Crippen LogP contribution < -0.4 is 14.4 Å². The zero-order valence-corrected chi connectivity index (χ0v) is 28.0. The molecular formula is C37H43N3O5S. The number of sulfonamides is 1. The largest absolute Gasteiger partial charge is 0.457 e. The number of rotatable bonds is 14. The summed E-state index contributed by atoms with van der Waals surface area (Å²) >= 11 is 0. The second kappa shape index (κ2) is 15.6. The maximum Gasteiger partial charge on any atom is 0.264 e. The maximum absolute atomic E-state index is 14.4. The Hall–Kier alpha value is -4.63. The minimum Gasteiger partial charge on any atom is -0.457 e. The number of para-hydroxylation sites is 1. The van der Waals surface area contributed by atoms with Crippen LogP contribution in [-0.2, 0) is 26.2 Å². The minimum atomic E-state index is -4.18. The van der Waals surface area contributed by atoms with Crippen LogP contribution >= 0.6 is 0 Å². The van der Waals surface area contributed by atoms with Crippen molar-refractivity contribution < 1.29 is 22.7 Å². The van der Waals surface area contributed by atoms with Crippen LogP contribution in [0.3, 0.4) is 0 Å². The van der Waals surface area contributed by atoms with Gasteiger partial charge in [0.2, 0.25) is 11.8 Å². The summed E-state index contributed by atoms with van der Waals surface area (Å²) < 4.78 is 35.4. The van der Waals surface area contributed by atoms with E-state index in [4.69, 9.17) is 4.74 Å². The molecule has 8 nitrogen and oxygen atoms in total. The molecule has 0 aliphatic rings. The Morgan fingerprint density at radius 1 is 0.783 bits per heavy atom. The van der Waals surface area contributed by atoms with Crippen LogP contribution in [0.5, 0.6) is 11.5 Å². The van der Waals surface area contributed by atoms with Gasteiger partial charge in [-0.05, 0) is 93.3 Å². The fraction of sp³-hybridized carbons (Fsp3) is 0.297. The van der Waals surface area contributed by atoms with Gasteiger partial charge >= 0.3 is 0 Å². The van der Waals surface area contributed by atoms with Gasteiger partial charge in [0.25, 0.3) is 10.0 Å². The molecular weight excluding hydrogens is 598 g/mol. The number of amides is 2. The van der Waals surface area contributed by atoms with E-state index in [9.17, 15) is 18.0 Å². The predicted octanol–water partition coefficient (Wildman–Crippen LogP) is 7.01. The molecule has 0 spiro atoms. The number of carbonyl (C=O) groups excluding carboxylic acids is 2. The summed E-state index contributed by atoms with van der Waals surface area (Å²) in [5, 5.41) is 3.01. The molecule has 0 aliphatic heterocycles. The van der Waals surface area contributed by atoms with Crippen LogP contribution in [0, 0.1) is 13.8 Å². The Bertz CT molecular complexity index is 1710. The SMILES string of the molecule is CCC(C)NC(=O)C(CC)N(Cc1ccccc1C)C(=O)CN(c1ccc(Oc2ccccc2)cc1)S(=O)(=O)c1ccc(C)cc1. The van der Waals surface area contributed by atoms with E-state index >= 15 is 0 Å². The molecule has 0 aromatic heterocycles. The first-order chi connectivity index (χ1) is 22.0. The summed E-state index contributed by atoms with van der Waals surface area (Å²) in [4.78, 5) is 29.4. The van der Waals surface area contributed by atoms with Crippen LogP contribution in [-0.4, -0.2) is 43.8 Å². The number of nitrogens with one attached hydrogen (secondary N) is 1. The van der Waals surface area contributed by atoms with E-state index in [-0.39, 0.29) is 23.4 Å². The summed E-state index contributed by atoms with van der Waals surface area (Å²) in [6.07, 6.45) is 1.09. The number of aryl methyl sites for hydroxylation is 2. The molecule has 0 saturated carbocycles. The summed E-state index contributed by atoms with van der Waals surface area (Å²) in [5.74, 6) is 0.398. The molecule has 4 rings (SSSR count). The third-order valence-electron chi connectivity index (χ3n) is 7.98. The number of hydrogen-bond acceptors (Lipinski definition) is 5. The summed E-state index contributed by atoms with van der Waals surface area (Å²) in [5.41, 5.74) is 3.05. The fourth-order valence-electron chi connectivity index (χ4n) is 5.00. The van der Waals surface area contributed by atoms with Crippen molar-refractivity contribution in [3.05, 3.63) is 120 Å². The summed E-state index contributed by atoms with van der Waals surface area (Å²) in [6.45, 7) is 9.22. The lowest BCUT2D eigenvalue weighted by Gasteiger charge is -2.34. The number of ether oxygens (including phenoxy) is 1. The topological polar surface area (TPSA) is 96.0 Å². The Balaban J connectivity index is 1.73. The van der Waals surface area contributed by atoms with Gasteiger partial charge in [0.05, 0.1) is 10.6 Å². The quantitative estimate of drug-likeness (QED) is 0.160. The van der Waals surface area contributed by atoms with Crippen molar-refractivity contribution >= 4 is 27.5 Å². The average molecular weight is 642 g/mol. The highest BCUT2D eigenvalue weighted by atomic mass is 32.2. The Labute approximate surface area is 273 Å². The molecule has 4 aromatic carbocycles. The zero-order chi connectivity index (χ0) is 33.3. The molecule has 0 radical (unpaired) electrons. The van der Waals surface area contributed by atoms with Crippen molar-refractivity contribution in [2.75, 3.05) is 10.8 Å². The van der Waals surface area contributed by atoms with Crippen molar-refractivity contribution in [3.8, 4) is 11.5 Å². The Morgan fingerprint density at radius 2 is 1.39 bits per heavy atom. The molecule has 4 aromatic rings. The van der Waals surface area contributed by atoms with Gasteiger partial charge in [-0.25, -0.2) is 8.42 Å². The number of nitrogens with zero attached hydrogens (tertiary/aromatic N) is 2. The minimum absolute atomic E-state index is 0.0579. The Morgan fingerprint density at radius 3 is 2.00 bits per heavy atom. The first kappa shape index (κ1) is 34.2. The molecule has 2 amide bonds. The molecule has 0 bridgehead atoms. The molecule has 1 N–H and O–H groups in total. The molecule has 2 unspecified atom stereocenters. The maximum atomic E-state index is 14.4. The molecule has 0 heterocycles. The molecule has 46 heavy (non-hydrogen) atoms. The molecule has 242 valence electrons. The molecule has 0 saturated heterocycles. The van der Waals surface area contributed by atoms with Crippen LogP contribution in [0.2, 0.25) is 0 Å². The lowest BCUT2D eigenvalue weighted by Crippen LogP contribution is -2.53. The van der Waals surface area contributed by atoms with E-state index in [1.54, 1.807) is 36.4 Å². The third-order valence-corrected chi connectivity index (χ3v) is 9.77. The predicted molar refractivity (Wildman–Crippen MR) is 182 cm³/mol. The number of benzene rings is 4. The van der Waals surface area contributed by atoms with E-state index in [0.717, 1.165) is 27.4 Å². The second-order valence-corrected chi connectivity index (χ2v) is 13.3. The highest BCUT2D eigenvalue weighted by Crippen LogP contribution is 2.29. The van der Waals surface area contributed by atoms with Gasteiger partial charge in [0.1, 0.15) is 24.1 Å². The van der Waals surface area contributed by atoms with Crippen LogP contribution in [0.15, 0.2) is 108 Å². The summed E-state index contributed by atoms with van der Waals surface area (Å²) in [7, 11) is -4.18. The van der Waals surface area contributed by atoms with Gasteiger partial charge in [-0.3, -0.25) is 13.9 Å². The van der Waals surface area contributed by atoms with Crippen LogP contribution in [0.25, 0.3) is 0 Å². The zero-order valence-electron chi connectivity index (χ0n) is 27.1. The van der Waals surface area contributed by atoms with E-state index in [1.807, 2.05) is 89.2 Å².